The highest BCUT2D eigenvalue weighted by Gasteiger charge is 2.26. The molecule has 1 fully saturated rings. The van der Waals surface area contributed by atoms with E-state index in [0.29, 0.717) is 45.5 Å². The molecule has 0 unspecified atom stereocenters. The molecule has 0 radical (unpaired) electrons. The fourth-order valence-corrected chi connectivity index (χ4v) is 5.19. The highest BCUT2D eigenvalue weighted by molar-refractivity contribution is 5.85. The molecule has 1 amide bonds. The number of carbonyl (C=O) groups excluding carboxylic acids is 1. The van der Waals surface area contributed by atoms with Crippen molar-refractivity contribution in [3.05, 3.63) is 106 Å². The standard InChI is InChI=1S/C30H33FN4O3.ClH/c31-25-13-11-24(12-14-25)22-33(21-23-7-2-1-3-8-23)17-6-20-38-30(37)34-18-15-26(16-19-34)35-28-10-5-4-9-27(28)32-29(35)36;/h1-5,7-14,26H,6,15-22H2,(H,32,36);1H. The predicted octanol–water partition coefficient (Wildman–Crippen LogP) is 5.76. The first-order valence-corrected chi connectivity index (χ1v) is 13.2. The highest BCUT2D eigenvalue weighted by Crippen LogP contribution is 2.25. The summed E-state index contributed by atoms with van der Waals surface area (Å²) >= 11 is 0. The zero-order valence-corrected chi connectivity index (χ0v) is 22.6. The largest absolute Gasteiger partial charge is 0.449 e. The normalized spacial score (nSPS) is 13.9. The summed E-state index contributed by atoms with van der Waals surface area (Å²) < 4.78 is 20.8. The first-order valence-electron chi connectivity index (χ1n) is 13.2. The van der Waals surface area contributed by atoms with E-state index in [9.17, 15) is 14.0 Å². The smallest absolute Gasteiger partial charge is 0.409 e. The van der Waals surface area contributed by atoms with E-state index in [-0.39, 0.29) is 36.0 Å². The van der Waals surface area contributed by atoms with Crippen LogP contribution in [-0.4, -0.2) is 51.7 Å². The number of amides is 1. The van der Waals surface area contributed by atoms with Gasteiger partial charge in [-0.25, -0.2) is 14.0 Å². The summed E-state index contributed by atoms with van der Waals surface area (Å²) in [4.78, 5) is 32.1. The second kappa shape index (κ2) is 13.4. The Morgan fingerprint density at radius 2 is 1.56 bits per heavy atom. The zero-order valence-electron chi connectivity index (χ0n) is 21.8. The van der Waals surface area contributed by atoms with Gasteiger partial charge in [-0.3, -0.25) is 9.47 Å². The number of piperidine rings is 1. The Kier molecular flexibility index (Phi) is 9.79. The molecular formula is C30H34ClFN4O3. The Labute approximate surface area is 233 Å². The average Bonchev–Trinajstić information content (AvgIpc) is 3.28. The molecule has 0 aliphatic carbocycles. The molecular weight excluding hydrogens is 519 g/mol. The molecule has 206 valence electrons. The minimum absolute atomic E-state index is 0. The van der Waals surface area contributed by atoms with Crippen molar-refractivity contribution in [2.75, 3.05) is 26.2 Å². The Morgan fingerprint density at radius 1 is 0.923 bits per heavy atom. The van der Waals surface area contributed by atoms with Crippen molar-refractivity contribution in [1.29, 1.82) is 0 Å². The lowest BCUT2D eigenvalue weighted by molar-refractivity contribution is 0.0841. The van der Waals surface area contributed by atoms with Crippen LogP contribution in [0.3, 0.4) is 0 Å². The van der Waals surface area contributed by atoms with E-state index in [0.717, 1.165) is 29.7 Å². The predicted molar refractivity (Wildman–Crippen MR) is 153 cm³/mol. The SMILES string of the molecule is Cl.O=C(OCCCN(Cc1ccccc1)Cc1ccc(F)cc1)N1CCC(n2c(=O)[nH]c3ccccc32)CC1. The second-order valence-electron chi connectivity index (χ2n) is 9.83. The van der Waals surface area contributed by atoms with Crippen molar-refractivity contribution in [2.24, 2.45) is 0 Å². The van der Waals surface area contributed by atoms with Gasteiger partial charge in [0.05, 0.1) is 17.6 Å². The molecule has 1 aromatic heterocycles. The van der Waals surface area contributed by atoms with Gasteiger partial charge < -0.3 is 14.6 Å². The van der Waals surface area contributed by atoms with Gasteiger partial charge in [-0.05, 0) is 54.7 Å². The maximum absolute atomic E-state index is 13.3. The monoisotopic (exact) mass is 552 g/mol. The van der Waals surface area contributed by atoms with Crippen LogP contribution < -0.4 is 5.69 Å². The van der Waals surface area contributed by atoms with Gasteiger partial charge >= 0.3 is 11.8 Å². The van der Waals surface area contributed by atoms with Crippen LogP contribution in [0, 0.1) is 5.82 Å². The number of nitrogens with one attached hydrogen (secondary N) is 1. The van der Waals surface area contributed by atoms with E-state index >= 15 is 0 Å². The minimum Gasteiger partial charge on any atom is -0.449 e. The Balaban J connectivity index is 0.00000353. The lowest BCUT2D eigenvalue weighted by atomic mass is 10.0. The lowest BCUT2D eigenvalue weighted by Crippen LogP contribution is -2.41. The van der Waals surface area contributed by atoms with E-state index in [1.165, 1.54) is 17.7 Å². The molecule has 3 aromatic carbocycles. The first kappa shape index (κ1) is 28.4. The molecule has 1 aliphatic heterocycles. The van der Waals surface area contributed by atoms with Crippen LogP contribution in [0.4, 0.5) is 9.18 Å². The lowest BCUT2D eigenvalue weighted by Gasteiger charge is -2.32. The highest BCUT2D eigenvalue weighted by atomic mass is 35.5. The van der Waals surface area contributed by atoms with Crippen LogP contribution in [-0.2, 0) is 17.8 Å². The molecule has 0 bridgehead atoms. The van der Waals surface area contributed by atoms with Crippen molar-refractivity contribution in [3.63, 3.8) is 0 Å². The van der Waals surface area contributed by atoms with Crippen molar-refractivity contribution in [2.45, 2.75) is 38.4 Å². The number of carbonyl (C=O) groups is 1. The van der Waals surface area contributed by atoms with Gasteiger partial charge in [-0.15, -0.1) is 12.4 Å². The van der Waals surface area contributed by atoms with E-state index < -0.39 is 0 Å². The molecule has 1 N–H and O–H groups in total. The summed E-state index contributed by atoms with van der Waals surface area (Å²) in [5.41, 5.74) is 3.87. The topological polar surface area (TPSA) is 70.6 Å². The van der Waals surface area contributed by atoms with E-state index in [4.69, 9.17) is 4.74 Å². The number of hydrogen-bond acceptors (Lipinski definition) is 4. The van der Waals surface area contributed by atoms with Crippen LogP contribution in [0.25, 0.3) is 11.0 Å². The first-order chi connectivity index (χ1) is 18.6. The molecule has 5 rings (SSSR count). The summed E-state index contributed by atoms with van der Waals surface area (Å²) in [5, 5.41) is 0. The number of fused-ring (bicyclic) bond motifs is 1. The summed E-state index contributed by atoms with van der Waals surface area (Å²) in [5.74, 6) is -0.243. The minimum atomic E-state index is -0.303. The van der Waals surface area contributed by atoms with E-state index in [2.05, 4.69) is 22.0 Å². The number of aromatic amines is 1. The van der Waals surface area contributed by atoms with Gasteiger partial charge in [-0.2, -0.15) is 0 Å². The molecule has 1 saturated heterocycles. The number of ether oxygens (including phenoxy) is 1. The van der Waals surface area contributed by atoms with Crippen LogP contribution in [0.15, 0.2) is 83.7 Å². The number of aromatic nitrogens is 2. The van der Waals surface area contributed by atoms with Crippen LogP contribution in [0.5, 0.6) is 0 Å². The summed E-state index contributed by atoms with van der Waals surface area (Å²) in [6.07, 6.45) is 1.81. The van der Waals surface area contributed by atoms with E-state index in [1.54, 1.807) is 17.0 Å². The molecule has 9 heteroatoms. The van der Waals surface area contributed by atoms with Gasteiger partial charge in [0.15, 0.2) is 0 Å². The number of imidazole rings is 1. The summed E-state index contributed by atoms with van der Waals surface area (Å²) in [6, 6.07) is 24.5. The number of H-pyrrole nitrogens is 1. The Hall–Kier alpha value is -3.62. The molecule has 0 atom stereocenters. The third-order valence-corrected chi connectivity index (χ3v) is 7.12. The fourth-order valence-electron chi connectivity index (χ4n) is 5.19. The van der Waals surface area contributed by atoms with Crippen molar-refractivity contribution < 1.29 is 13.9 Å². The second-order valence-corrected chi connectivity index (χ2v) is 9.83. The van der Waals surface area contributed by atoms with Gasteiger partial charge in [0, 0.05) is 38.8 Å². The zero-order chi connectivity index (χ0) is 26.3. The molecule has 4 aromatic rings. The third-order valence-electron chi connectivity index (χ3n) is 7.12. The van der Waals surface area contributed by atoms with Crippen molar-refractivity contribution in [3.8, 4) is 0 Å². The number of para-hydroxylation sites is 2. The number of nitrogens with zero attached hydrogens (tertiary/aromatic N) is 3. The maximum atomic E-state index is 13.3. The maximum Gasteiger partial charge on any atom is 0.409 e. The number of benzene rings is 3. The Bertz CT molecular complexity index is 1400. The van der Waals surface area contributed by atoms with Crippen molar-refractivity contribution >= 4 is 29.5 Å². The van der Waals surface area contributed by atoms with Crippen molar-refractivity contribution in [1.82, 2.24) is 19.4 Å². The van der Waals surface area contributed by atoms with Gasteiger partial charge in [-0.1, -0.05) is 54.6 Å². The van der Waals surface area contributed by atoms with E-state index in [1.807, 2.05) is 47.0 Å². The molecule has 39 heavy (non-hydrogen) atoms. The quantitative estimate of drug-likeness (QED) is 0.268. The number of rotatable bonds is 9. The summed E-state index contributed by atoms with van der Waals surface area (Å²) in [6.45, 7) is 3.62. The number of hydrogen-bond donors (Lipinski definition) is 1. The number of halogens is 2. The average molecular weight is 553 g/mol. The molecule has 1 aliphatic rings. The summed E-state index contributed by atoms with van der Waals surface area (Å²) in [7, 11) is 0. The Morgan fingerprint density at radius 3 is 2.28 bits per heavy atom. The van der Waals surface area contributed by atoms with Crippen LogP contribution in [0.1, 0.15) is 36.4 Å². The third kappa shape index (κ3) is 7.28. The van der Waals surface area contributed by atoms with Gasteiger partial charge in [0.25, 0.3) is 0 Å². The molecule has 0 saturated carbocycles. The van der Waals surface area contributed by atoms with Gasteiger partial charge in [0.2, 0.25) is 0 Å². The molecule has 2 heterocycles. The van der Waals surface area contributed by atoms with Crippen LogP contribution in [0.2, 0.25) is 0 Å². The molecule has 7 nitrogen and oxygen atoms in total. The van der Waals surface area contributed by atoms with Crippen LogP contribution >= 0.6 is 12.4 Å². The number of likely N-dealkylation sites (tertiary alicyclic amines) is 1. The van der Waals surface area contributed by atoms with Gasteiger partial charge in [0.1, 0.15) is 5.82 Å². The fraction of sp³-hybridized carbons (Fsp3) is 0.333. The molecule has 0 spiro atoms.